The largest absolute Gasteiger partial charge is 0.479 e. The zero-order valence-electron chi connectivity index (χ0n) is 11.7. The summed E-state index contributed by atoms with van der Waals surface area (Å²) in [5, 5.41) is 14.1. The molecule has 2 rings (SSSR count). The van der Waals surface area contributed by atoms with Crippen LogP contribution in [-0.4, -0.2) is 35.1 Å². The van der Waals surface area contributed by atoms with E-state index >= 15 is 0 Å². The van der Waals surface area contributed by atoms with Crippen LogP contribution in [0.15, 0.2) is 11.4 Å². The van der Waals surface area contributed by atoms with Gasteiger partial charge >= 0.3 is 12.0 Å². The van der Waals surface area contributed by atoms with E-state index in [0.29, 0.717) is 25.9 Å². The zero-order valence-corrected chi connectivity index (χ0v) is 12.5. The maximum Gasteiger partial charge on any atom is 0.331 e. The molecule has 6 heteroatoms. The quantitative estimate of drug-likeness (QED) is 0.647. The molecule has 1 aliphatic heterocycles. The van der Waals surface area contributed by atoms with Gasteiger partial charge < -0.3 is 15.3 Å². The fraction of sp³-hybridized carbons (Fsp3) is 0.467. The van der Waals surface area contributed by atoms with Crippen molar-refractivity contribution < 1.29 is 14.7 Å². The number of nitrogens with zero attached hydrogens (tertiary/aromatic N) is 1. The van der Waals surface area contributed by atoms with Gasteiger partial charge in [-0.2, -0.15) is 0 Å². The van der Waals surface area contributed by atoms with Crippen LogP contribution in [0, 0.1) is 12.3 Å². The number of carboxylic acid groups (broad SMARTS) is 1. The minimum atomic E-state index is -0.989. The number of amides is 2. The molecular weight excluding hydrogens is 288 g/mol. The Morgan fingerprint density at radius 2 is 2.33 bits per heavy atom. The number of unbranched alkanes of at least 4 members (excludes halogenated alkanes) is 2. The van der Waals surface area contributed by atoms with Crippen molar-refractivity contribution in [2.24, 2.45) is 0 Å². The summed E-state index contributed by atoms with van der Waals surface area (Å²) in [6.07, 6.45) is 8.22. The Morgan fingerprint density at radius 1 is 1.52 bits per heavy atom. The second-order valence-corrected chi connectivity index (χ2v) is 5.88. The van der Waals surface area contributed by atoms with Crippen LogP contribution in [0.4, 0.5) is 4.79 Å². The SMILES string of the molecule is C#CCCCCNC(=O)N1CCc2sccc2C1C(=O)O. The van der Waals surface area contributed by atoms with Gasteiger partial charge in [0.25, 0.3) is 0 Å². The van der Waals surface area contributed by atoms with E-state index in [4.69, 9.17) is 6.42 Å². The topological polar surface area (TPSA) is 69.6 Å². The summed E-state index contributed by atoms with van der Waals surface area (Å²) in [6.45, 7) is 0.945. The molecule has 1 aromatic rings. The van der Waals surface area contributed by atoms with Gasteiger partial charge in [0.2, 0.25) is 0 Å². The Balaban J connectivity index is 1.97. The van der Waals surface area contributed by atoms with Crippen LogP contribution in [0.2, 0.25) is 0 Å². The van der Waals surface area contributed by atoms with Gasteiger partial charge in [0.15, 0.2) is 6.04 Å². The summed E-state index contributed by atoms with van der Waals surface area (Å²) in [4.78, 5) is 26.2. The second-order valence-electron chi connectivity index (χ2n) is 4.88. The average molecular weight is 306 g/mol. The van der Waals surface area contributed by atoms with Gasteiger partial charge in [-0.3, -0.25) is 0 Å². The summed E-state index contributed by atoms with van der Waals surface area (Å²) in [5.41, 5.74) is 0.737. The smallest absolute Gasteiger partial charge is 0.331 e. The standard InChI is InChI=1S/C15H18N2O3S/c1-2-3-4-5-8-16-15(20)17-9-6-12-11(7-10-21-12)13(17)14(18)19/h1,7,10,13H,3-6,8-9H2,(H,16,20)(H,18,19). The summed E-state index contributed by atoms with van der Waals surface area (Å²) in [6, 6.07) is 0.594. The number of terminal acetylenes is 1. The van der Waals surface area contributed by atoms with Crippen LogP contribution >= 0.6 is 11.3 Å². The molecule has 0 saturated carbocycles. The molecule has 0 radical (unpaired) electrons. The Bertz CT molecular complexity index is 562. The van der Waals surface area contributed by atoms with Gasteiger partial charge in [0, 0.05) is 24.4 Å². The number of carbonyl (C=O) groups is 2. The lowest BCUT2D eigenvalue weighted by Gasteiger charge is -2.33. The summed E-state index contributed by atoms with van der Waals surface area (Å²) < 4.78 is 0. The number of urea groups is 1. The highest BCUT2D eigenvalue weighted by molar-refractivity contribution is 7.10. The zero-order chi connectivity index (χ0) is 15.2. The Morgan fingerprint density at radius 3 is 3.05 bits per heavy atom. The molecule has 1 atom stereocenters. The summed E-state index contributed by atoms with van der Waals surface area (Å²) >= 11 is 1.55. The van der Waals surface area contributed by atoms with E-state index in [2.05, 4.69) is 11.2 Å². The van der Waals surface area contributed by atoms with Crippen molar-refractivity contribution in [3.8, 4) is 12.3 Å². The Kier molecular flexibility index (Phi) is 5.23. The first-order valence-electron chi connectivity index (χ1n) is 6.92. The number of rotatable bonds is 5. The molecule has 2 heterocycles. The maximum atomic E-state index is 12.2. The number of carboxylic acids is 1. The predicted molar refractivity (Wildman–Crippen MR) is 81.2 cm³/mol. The van der Waals surface area contributed by atoms with Crippen LogP contribution < -0.4 is 5.32 Å². The van der Waals surface area contributed by atoms with Crippen LogP contribution in [0.25, 0.3) is 0 Å². The molecule has 112 valence electrons. The minimum Gasteiger partial charge on any atom is -0.479 e. The van der Waals surface area contributed by atoms with E-state index in [1.165, 1.54) is 4.90 Å². The lowest BCUT2D eigenvalue weighted by Crippen LogP contribution is -2.48. The van der Waals surface area contributed by atoms with Crippen molar-refractivity contribution in [3.63, 3.8) is 0 Å². The number of hydrogen-bond acceptors (Lipinski definition) is 3. The third-order valence-electron chi connectivity index (χ3n) is 3.48. The van der Waals surface area contributed by atoms with Gasteiger partial charge in [-0.05, 0) is 36.3 Å². The number of aliphatic carboxylic acids is 1. The fourth-order valence-electron chi connectivity index (χ4n) is 2.45. The van der Waals surface area contributed by atoms with Crippen LogP contribution in [0.1, 0.15) is 35.7 Å². The molecule has 5 nitrogen and oxygen atoms in total. The highest BCUT2D eigenvalue weighted by Crippen LogP contribution is 2.33. The highest BCUT2D eigenvalue weighted by Gasteiger charge is 2.36. The number of fused-ring (bicyclic) bond motifs is 1. The van der Waals surface area contributed by atoms with E-state index < -0.39 is 12.0 Å². The number of thiophene rings is 1. The van der Waals surface area contributed by atoms with E-state index in [-0.39, 0.29) is 6.03 Å². The van der Waals surface area contributed by atoms with Crippen LogP contribution in [-0.2, 0) is 11.2 Å². The molecule has 0 spiro atoms. The van der Waals surface area contributed by atoms with Crippen molar-refractivity contribution in [2.75, 3.05) is 13.1 Å². The van der Waals surface area contributed by atoms with Gasteiger partial charge in [0.05, 0.1) is 0 Å². The van der Waals surface area contributed by atoms with Crippen molar-refractivity contribution >= 4 is 23.3 Å². The monoisotopic (exact) mass is 306 g/mol. The average Bonchev–Trinajstić information content (AvgIpc) is 2.93. The van der Waals surface area contributed by atoms with E-state index in [1.807, 2.05) is 5.38 Å². The summed E-state index contributed by atoms with van der Waals surface area (Å²) in [5.74, 6) is 1.56. The van der Waals surface area contributed by atoms with Crippen LogP contribution in [0.3, 0.4) is 0 Å². The lowest BCUT2D eigenvalue weighted by atomic mass is 10.0. The van der Waals surface area contributed by atoms with Gasteiger partial charge in [0.1, 0.15) is 0 Å². The first-order valence-corrected chi connectivity index (χ1v) is 7.80. The molecule has 1 unspecified atom stereocenters. The minimum absolute atomic E-state index is 0.319. The number of nitrogens with one attached hydrogen (secondary N) is 1. The van der Waals surface area contributed by atoms with Crippen molar-refractivity contribution in [2.45, 2.75) is 31.7 Å². The van der Waals surface area contributed by atoms with E-state index in [9.17, 15) is 14.7 Å². The second kappa shape index (κ2) is 7.14. The number of hydrogen-bond donors (Lipinski definition) is 2. The molecule has 1 aromatic heterocycles. The van der Waals surface area contributed by atoms with Crippen molar-refractivity contribution in [1.82, 2.24) is 10.2 Å². The Hall–Kier alpha value is -2.00. The predicted octanol–water partition coefficient (Wildman–Crippen LogP) is 2.25. The van der Waals surface area contributed by atoms with E-state index in [1.54, 1.807) is 17.4 Å². The third kappa shape index (κ3) is 3.56. The first kappa shape index (κ1) is 15.4. The molecule has 2 N–H and O–H groups in total. The lowest BCUT2D eigenvalue weighted by molar-refractivity contribution is -0.142. The molecule has 0 aliphatic carbocycles. The summed E-state index contributed by atoms with van der Waals surface area (Å²) in [7, 11) is 0. The number of carbonyl (C=O) groups excluding carboxylic acids is 1. The molecule has 21 heavy (non-hydrogen) atoms. The normalized spacial score (nSPS) is 16.9. The fourth-order valence-corrected chi connectivity index (χ4v) is 3.35. The molecule has 0 aromatic carbocycles. The molecule has 0 fully saturated rings. The molecular formula is C15H18N2O3S. The molecule has 0 saturated heterocycles. The molecule has 0 bridgehead atoms. The third-order valence-corrected chi connectivity index (χ3v) is 4.48. The van der Waals surface area contributed by atoms with Crippen molar-refractivity contribution in [3.05, 3.63) is 21.9 Å². The van der Waals surface area contributed by atoms with E-state index in [0.717, 1.165) is 23.3 Å². The van der Waals surface area contributed by atoms with Gasteiger partial charge in [-0.25, -0.2) is 9.59 Å². The van der Waals surface area contributed by atoms with Gasteiger partial charge in [-0.1, -0.05) is 0 Å². The highest BCUT2D eigenvalue weighted by atomic mass is 32.1. The van der Waals surface area contributed by atoms with Crippen molar-refractivity contribution in [1.29, 1.82) is 0 Å². The van der Waals surface area contributed by atoms with Gasteiger partial charge in [-0.15, -0.1) is 23.7 Å². The Labute approximate surface area is 128 Å². The van der Waals surface area contributed by atoms with Crippen LogP contribution in [0.5, 0.6) is 0 Å². The first-order chi connectivity index (χ1) is 10.1. The maximum absolute atomic E-state index is 12.2. The molecule has 2 amide bonds. The molecule has 1 aliphatic rings.